The summed E-state index contributed by atoms with van der Waals surface area (Å²) in [6, 6.07) is 6.57. The second-order valence-electron chi connectivity index (χ2n) is 4.77. The third-order valence-electron chi connectivity index (χ3n) is 3.79. The molecule has 1 N–H and O–H groups in total. The van der Waals surface area contributed by atoms with Crippen molar-refractivity contribution in [2.45, 2.75) is 37.5 Å². The predicted octanol–water partition coefficient (Wildman–Crippen LogP) is 2.38. The highest BCUT2D eigenvalue weighted by molar-refractivity contribution is 5.51. The number of hydrogen-bond donors (Lipinski definition) is 1. The van der Waals surface area contributed by atoms with E-state index < -0.39 is 0 Å². The molecule has 0 unspecified atom stereocenters. The van der Waals surface area contributed by atoms with Crippen LogP contribution in [0, 0.1) is 11.3 Å². The molecule has 0 radical (unpaired) electrons. The first-order chi connectivity index (χ1) is 7.84. The third-order valence-corrected chi connectivity index (χ3v) is 3.79. The molecule has 16 heavy (non-hydrogen) atoms. The Hall–Kier alpha value is -1.56. The van der Waals surface area contributed by atoms with Crippen LogP contribution in [0.3, 0.4) is 0 Å². The fraction of sp³-hybridized carbons (Fsp3) is 0.538. The normalized spacial score (nSPS) is 21.2. The lowest BCUT2D eigenvalue weighted by atomic mass is 9.67. The van der Waals surface area contributed by atoms with Crippen molar-refractivity contribution in [3.05, 3.63) is 23.5 Å². The van der Waals surface area contributed by atoms with Gasteiger partial charge in [0, 0.05) is 6.54 Å². The molecular weight excluding hydrogens is 198 g/mol. The maximum absolute atomic E-state index is 9.29. The van der Waals surface area contributed by atoms with Gasteiger partial charge in [-0.1, -0.05) is 0 Å². The van der Waals surface area contributed by atoms with Crippen molar-refractivity contribution in [3.8, 4) is 6.07 Å². The van der Waals surface area contributed by atoms with E-state index in [4.69, 9.17) is 4.98 Å². The van der Waals surface area contributed by atoms with E-state index in [9.17, 15) is 5.26 Å². The number of anilines is 1. The van der Waals surface area contributed by atoms with Gasteiger partial charge in [0.1, 0.15) is 0 Å². The first-order valence-corrected chi connectivity index (χ1v) is 6.00. The zero-order valence-electron chi connectivity index (χ0n) is 9.29. The SMILES string of the molecule is N#CC1(c2ccc3c(n2)CCCN3)CCC1. The van der Waals surface area contributed by atoms with E-state index in [1.165, 1.54) is 0 Å². The highest BCUT2D eigenvalue weighted by Crippen LogP contribution is 2.42. The molecule has 1 fully saturated rings. The molecule has 0 spiro atoms. The highest BCUT2D eigenvalue weighted by atomic mass is 14.9. The molecule has 0 amide bonds. The minimum Gasteiger partial charge on any atom is -0.384 e. The molecule has 2 heterocycles. The number of pyridine rings is 1. The van der Waals surface area contributed by atoms with E-state index in [-0.39, 0.29) is 5.41 Å². The van der Waals surface area contributed by atoms with Crippen LogP contribution < -0.4 is 5.32 Å². The molecule has 2 aliphatic rings. The molecule has 0 bridgehead atoms. The Morgan fingerprint density at radius 1 is 1.31 bits per heavy atom. The van der Waals surface area contributed by atoms with Gasteiger partial charge in [0.15, 0.2) is 0 Å². The zero-order valence-corrected chi connectivity index (χ0v) is 9.29. The fourth-order valence-electron chi connectivity index (χ4n) is 2.55. The molecular formula is C13H15N3. The monoisotopic (exact) mass is 213 g/mol. The lowest BCUT2D eigenvalue weighted by Crippen LogP contribution is -2.33. The molecule has 3 nitrogen and oxygen atoms in total. The van der Waals surface area contributed by atoms with E-state index in [1.54, 1.807) is 0 Å². The summed E-state index contributed by atoms with van der Waals surface area (Å²) in [5.74, 6) is 0. The van der Waals surface area contributed by atoms with Crippen molar-refractivity contribution in [1.29, 1.82) is 5.26 Å². The van der Waals surface area contributed by atoms with E-state index >= 15 is 0 Å². The van der Waals surface area contributed by atoms with Gasteiger partial charge >= 0.3 is 0 Å². The molecule has 3 heteroatoms. The smallest absolute Gasteiger partial charge is 0.0993 e. The standard InChI is InChI=1S/C13H15N3/c14-9-13(6-2-7-13)12-5-4-10-11(16-12)3-1-8-15-10/h4-5,15H,1-3,6-8H2. The van der Waals surface area contributed by atoms with Gasteiger partial charge in [0.25, 0.3) is 0 Å². The fourth-order valence-corrected chi connectivity index (χ4v) is 2.55. The summed E-state index contributed by atoms with van der Waals surface area (Å²) in [5.41, 5.74) is 3.02. The molecule has 1 aromatic rings. The van der Waals surface area contributed by atoms with Crippen molar-refractivity contribution in [2.24, 2.45) is 0 Å². The van der Waals surface area contributed by atoms with Gasteiger partial charge in [-0.15, -0.1) is 0 Å². The molecule has 82 valence electrons. The maximum atomic E-state index is 9.29. The lowest BCUT2D eigenvalue weighted by Gasteiger charge is -2.35. The van der Waals surface area contributed by atoms with E-state index in [0.29, 0.717) is 0 Å². The number of nitrogens with one attached hydrogen (secondary N) is 1. The second kappa shape index (κ2) is 3.48. The minimum absolute atomic E-state index is 0.271. The molecule has 0 saturated heterocycles. The zero-order chi connectivity index (χ0) is 11.0. The Balaban J connectivity index is 2.00. The van der Waals surface area contributed by atoms with Gasteiger partial charge in [-0.25, -0.2) is 0 Å². The summed E-state index contributed by atoms with van der Waals surface area (Å²) in [6.45, 7) is 1.04. The van der Waals surface area contributed by atoms with Crippen LogP contribution in [0.1, 0.15) is 37.1 Å². The summed E-state index contributed by atoms with van der Waals surface area (Å²) >= 11 is 0. The molecule has 1 aliphatic heterocycles. The van der Waals surface area contributed by atoms with Crippen molar-refractivity contribution >= 4 is 5.69 Å². The van der Waals surface area contributed by atoms with E-state index in [0.717, 1.165) is 55.7 Å². The van der Waals surface area contributed by atoms with Crippen LogP contribution >= 0.6 is 0 Å². The summed E-state index contributed by atoms with van der Waals surface area (Å²) in [6.07, 6.45) is 5.29. The number of nitriles is 1. The Morgan fingerprint density at radius 3 is 2.88 bits per heavy atom. The molecule has 0 atom stereocenters. The summed E-state index contributed by atoms with van der Waals surface area (Å²) in [7, 11) is 0. The Morgan fingerprint density at radius 2 is 2.19 bits per heavy atom. The van der Waals surface area contributed by atoms with E-state index in [2.05, 4.69) is 17.5 Å². The Kier molecular flexibility index (Phi) is 2.10. The van der Waals surface area contributed by atoms with Crippen molar-refractivity contribution < 1.29 is 0 Å². The number of hydrogen-bond acceptors (Lipinski definition) is 3. The average molecular weight is 213 g/mol. The number of fused-ring (bicyclic) bond motifs is 1. The lowest BCUT2D eigenvalue weighted by molar-refractivity contribution is 0.315. The van der Waals surface area contributed by atoms with Crippen molar-refractivity contribution in [3.63, 3.8) is 0 Å². The molecule has 3 rings (SSSR count). The van der Waals surface area contributed by atoms with Gasteiger partial charge in [0.2, 0.25) is 0 Å². The van der Waals surface area contributed by atoms with Crippen LogP contribution in [-0.2, 0) is 11.8 Å². The quantitative estimate of drug-likeness (QED) is 0.779. The van der Waals surface area contributed by atoms with Gasteiger partial charge in [-0.05, 0) is 44.2 Å². The van der Waals surface area contributed by atoms with Gasteiger partial charge < -0.3 is 5.32 Å². The van der Waals surface area contributed by atoms with Gasteiger partial charge in [0.05, 0.1) is 28.6 Å². The summed E-state index contributed by atoms with van der Waals surface area (Å²) < 4.78 is 0. The summed E-state index contributed by atoms with van der Waals surface area (Å²) in [4.78, 5) is 4.69. The highest BCUT2D eigenvalue weighted by Gasteiger charge is 2.40. The molecule has 1 saturated carbocycles. The van der Waals surface area contributed by atoms with Crippen LogP contribution in [0.4, 0.5) is 5.69 Å². The first kappa shape index (κ1) is 9.65. The van der Waals surface area contributed by atoms with Gasteiger partial charge in [-0.2, -0.15) is 5.26 Å². The maximum Gasteiger partial charge on any atom is 0.0993 e. The largest absolute Gasteiger partial charge is 0.384 e. The van der Waals surface area contributed by atoms with Crippen LogP contribution in [-0.4, -0.2) is 11.5 Å². The number of rotatable bonds is 1. The summed E-state index contributed by atoms with van der Waals surface area (Å²) in [5, 5.41) is 12.6. The van der Waals surface area contributed by atoms with Crippen molar-refractivity contribution in [2.75, 3.05) is 11.9 Å². The van der Waals surface area contributed by atoms with Crippen molar-refractivity contribution in [1.82, 2.24) is 4.98 Å². The Labute approximate surface area is 95.5 Å². The number of nitrogens with zero attached hydrogens (tertiary/aromatic N) is 2. The minimum atomic E-state index is -0.271. The molecule has 0 aromatic carbocycles. The van der Waals surface area contributed by atoms with Crippen LogP contribution in [0.25, 0.3) is 0 Å². The predicted molar refractivity (Wildman–Crippen MR) is 62.2 cm³/mol. The second-order valence-corrected chi connectivity index (χ2v) is 4.77. The molecule has 1 aliphatic carbocycles. The topological polar surface area (TPSA) is 48.7 Å². The van der Waals surface area contributed by atoms with Gasteiger partial charge in [-0.3, -0.25) is 4.98 Å². The number of aryl methyl sites for hydroxylation is 1. The molecule has 1 aromatic heterocycles. The number of aromatic nitrogens is 1. The third kappa shape index (κ3) is 1.30. The van der Waals surface area contributed by atoms with Crippen LogP contribution in [0.5, 0.6) is 0 Å². The average Bonchev–Trinajstić information content (AvgIpc) is 2.28. The Bertz CT molecular complexity index is 455. The van der Waals surface area contributed by atoms with Crippen LogP contribution in [0.15, 0.2) is 12.1 Å². The van der Waals surface area contributed by atoms with E-state index in [1.807, 2.05) is 6.07 Å². The first-order valence-electron chi connectivity index (χ1n) is 6.00. The van der Waals surface area contributed by atoms with Crippen LogP contribution in [0.2, 0.25) is 0 Å².